The zero-order valence-electron chi connectivity index (χ0n) is 11.2. The molecule has 0 aliphatic carbocycles. The predicted octanol–water partition coefficient (Wildman–Crippen LogP) is 3.07. The van der Waals surface area contributed by atoms with E-state index in [-0.39, 0.29) is 24.2 Å². The van der Waals surface area contributed by atoms with Gasteiger partial charge in [0.15, 0.2) is 0 Å². The molecule has 104 valence electrons. The van der Waals surface area contributed by atoms with Crippen molar-refractivity contribution in [2.45, 2.75) is 32.2 Å². The molecule has 0 saturated carbocycles. The van der Waals surface area contributed by atoms with Crippen LogP contribution in [0, 0.1) is 11.7 Å². The second-order valence-electron chi connectivity index (χ2n) is 5.19. The van der Waals surface area contributed by atoms with Crippen LogP contribution in [0.15, 0.2) is 24.3 Å². The number of carboxylic acid groups (broad SMARTS) is 1. The van der Waals surface area contributed by atoms with Gasteiger partial charge in [-0.25, -0.2) is 4.39 Å². The molecule has 0 amide bonds. The monoisotopic (exact) mass is 265 g/mol. The van der Waals surface area contributed by atoms with Gasteiger partial charge in [-0.1, -0.05) is 25.1 Å². The molecule has 4 heteroatoms. The van der Waals surface area contributed by atoms with E-state index in [0.29, 0.717) is 0 Å². The van der Waals surface area contributed by atoms with Crippen molar-refractivity contribution in [1.29, 1.82) is 0 Å². The normalized spacial score (nSPS) is 21.5. The molecule has 1 aromatic carbocycles. The van der Waals surface area contributed by atoms with Gasteiger partial charge in [-0.2, -0.15) is 0 Å². The van der Waals surface area contributed by atoms with E-state index in [9.17, 15) is 9.18 Å². The van der Waals surface area contributed by atoms with E-state index in [1.54, 1.807) is 6.07 Å². The minimum absolute atomic E-state index is 0.0556. The Morgan fingerprint density at radius 3 is 2.89 bits per heavy atom. The SMILES string of the molecule is CCC(c1ccccc1F)N1CCC(CC(=O)O)C1. The van der Waals surface area contributed by atoms with Gasteiger partial charge < -0.3 is 5.11 Å². The maximum absolute atomic E-state index is 13.9. The number of carbonyl (C=O) groups is 1. The van der Waals surface area contributed by atoms with Crippen molar-refractivity contribution in [3.63, 3.8) is 0 Å². The molecule has 0 spiro atoms. The first-order valence-electron chi connectivity index (χ1n) is 6.82. The first-order valence-corrected chi connectivity index (χ1v) is 6.82. The van der Waals surface area contributed by atoms with Crippen molar-refractivity contribution in [3.05, 3.63) is 35.6 Å². The molecule has 2 rings (SSSR count). The van der Waals surface area contributed by atoms with Crippen molar-refractivity contribution in [2.24, 2.45) is 5.92 Å². The summed E-state index contributed by atoms with van der Waals surface area (Å²) in [6.45, 7) is 3.64. The highest BCUT2D eigenvalue weighted by atomic mass is 19.1. The van der Waals surface area contributed by atoms with E-state index in [1.165, 1.54) is 6.07 Å². The Balaban J connectivity index is 2.08. The summed E-state index contributed by atoms with van der Waals surface area (Å²) in [5.74, 6) is -0.722. The molecule has 0 radical (unpaired) electrons. The summed E-state index contributed by atoms with van der Waals surface area (Å²) in [5.41, 5.74) is 0.723. The van der Waals surface area contributed by atoms with Crippen LogP contribution in [0.25, 0.3) is 0 Å². The predicted molar refractivity (Wildman–Crippen MR) is 71.4 cm³/mol. The highest BCUT2D eigenvalue weighted by Gasteiger charge is 2.30. The minimum atomic E-state index is -0.745. The number of hydrogen-bond donors (Lipinski definition) is 1. The Hall–Kier alpha value is -1.42. The molecular formula is C15H20FNO2. The van der Waals surface area contributed by atoms with Gasteiger partial charge in [0.25, 0.3) is 0 Å². The second-order valence-corrected chi connectivity index (χ2v) is 5.19. The Kier molecular flexibility index (Phi) is 4.53. The Morgan fingerprint density at radius 2 is 2.26 bits per heavy atom. The molecular weight excluding hydrogens is 245 g/mol. The van der Waals surface area contributed by atoms with Crippen LogP contribution >= 0.6 is 0 Å². The number of nitrogens with zero attached hydrogens (tertiary/aromatic N) is 1. The average Bonchev–Trinajstić information content (AvgIpc) is 2.80. The zero-order valence-corrected chi connectivity index (χ0v) is 11.2. The number of hydrogen-bond acceptors (Lipinski definition) is 2. The van der Waals surface area contributed by atoms with Gasteiger partial charge in [0.2, 0.25) is 0 Å². The highest BCUT2D eigenvalue weighted by molar-refractivity contribution is 5.67. The number of likely N-dealkylation sites (tertiary alicyclic amines) is 1. The van der Waals surface area contributed by atoms with Crippen molar-refractivity contribution in [1.82, 2.24) is 4.90 Å². The lowest BCUT2D eigenvalue weighted by Gasteiger charge is -2.27. The molecule has 1 N–H and O–H groups in total. The zero-order chi connectivity index (χ0) is 13.8. The van der Waals surface area contributed by atoms with E-state index in [4.69, 9.17) is 5.11 Å². The number of aliphatic carboxylic acids is 1. The summed E-state index contributed by atoms with van der Waals surface area (Å²) in [6, 6.07) is 6.92. The fourth-order valence-electron chi connectivity index (χ4n) is 2.98. The molecule has 19 heavy (non-hydrogen) atoms. The van der Waals surface area contributed by atoms with Crippen molar-refractivity contribution in [3.8, 4) is 0 Å². The maximum atomic E-state index is 13.9. The van der Waals surface area contributed by atoms with Crippen molar-refractivity contribution < 1.29 is 14.3 Å². The van der Waals surface area contributed by atoms with Crippen LogP contribution in [-0.4, -0.2) is 29.1 Å². The van der Waals surface area contributed by atoms with E-state index in [1.807, 2.05) is 19.1 Å². The highest BCUT2D eigenvalue weighted by Crippen LogP contribution is 2.32. The summed E-state index contributed by atoms with van der Waals surface area (Å²) in [4.78, 5) is 13.0. The molecule has 1 aromatic rings. The smallest absolute Gasteiger partial charge is 0.303 e. The second kappa shape index (κ2) is 6.15. The Labute approximate surface area is 113 Å². The third-order valence-electron chi connectivity index (χ3n) is 3.87. The molecule has 1 heterocycles. The third-order valence-corrected chi connectivity index (χ3v) is 3.87. The van der Waals surface area contributed by atoms with Crippen LogP contribution in [0.5, 0.6) is 0 Å². The third kappa shape index (κ3) is 3.32. The fraction of sp³-hybridized carbons (Fsp3) is 0.533. The van der Waals surface area contributed by atoms with Gasteiger partial charge in [-0.3, -0.25) is 9.69 Å². The lowest BCUT2D eigenvalue weighted by atomic mass is 10.0. The lowest BCUT2D eigenvalue weighted by Crippen LogP contribution is -2.27. The largest absolute Gasteiger partial charge is 0.481 e. The first-order chi connectivity index (χ1) is 9.11. The molecule has 2 atom stereocenters. The van der Waals surface area contributed by atoms with Gasteiger partial charge in [-0.05, 0) is 31.4 Å². The molecule has 1 aliphatic heterocycles. The average molecular weight is 265 g/mol. The fourth-order valence-corrected chi connectivity index (χ4v) is 2.98. The van der Waals surface area contributed by atoms with E-state index in [0.717, 1.165) is 31.5 Å². The van der Waals surface area contributed by atoms with Crippen LogP contribution in [0.4, 0.5) is 4.39 Å². The standard InChI is InChI=1S/C15H20FNO2/c1-2-14(12-5-3-4-6-13(12)16)17-8-7-11(10-17)9-15(18)19/h3-6,11,14H,2,7-10H2,1H3,(H,18,19). The van der Waals surface area contributed by atoms with E-state index < -0.39 is 5.97 Å². The number of halogens is 1. The molecule has 1 fully saturated rings. The number of benzene rings is 1. The summed E-state index contributed by atoms with van der Waals surface area (Å²) >= 11 is 0. The van der Waals surface area contributed by atoms with E-state index in [2.05, 4.69) is 4.90 Å². The van der Waals surface area contributed by atoms with Gasteiger partial charge in [0.05, 0.1) is 0 Å². The summed E-state index contributed by atoms with van der Waals surface area (Å²) in [7, 11) is 0. The molecule has 0 aromatic heterocycles. The van der Waals surface area contributed by atoms with Gasteiger partial charge in [0.1, 0.15) is 5.82 Å². The Bertz CT molecular complexity index is 450. The molecule has 3 nitrogen and oxygen atoms in total. The van der Waals surface area contributed by atoms with Gasteiger partial charge in [0, 0.05) is 24.6 Å². The first kappa shape index (κ1) is 14.0. The summed E-state index contributed by atoms with van der Waals surface area (Å²) in [6.07, 6.45) is 1.93. The van der Waals surface area contributed by atoms with Crippen LogP contribution < -0.4 is 0 Å². The molecule has 1 aliphatic rings. The molecule has 2 unspecified atom stereocenters. The molecule has 1 saturated heterocycles. The topological polar surface area (TPSA) is 40.5 Å². The van der Waals surface area contributed by atoms with Crippen LogP contribution in [0.3, 0.4) is 0 Å². The number of rotatable bonds is 5. The van der Waals surface area contributed by atoms with Crippen molar-refractivity contribution >= 4 is 5.97 Å². The maximum Gasteiger partial charge on any atom is 0.303 e. The Morgan fingerprint density at radius 1 is 1.53 bits per heavy atom. The minimum Gasteiger partial charge on any atom is -0.481 e. The van der Waals surface area contributed by atoms with Crippen LogP contribution in [-0.2, 0) is 4.79 Å². The quantitative estimate of drug-likeness (QED) is 0.889. The van der Waals surface area contributed by atoms with Crippen LogP contribution in [0.1, 0.15) is 37.8 Å². The van der Waals surface area contributed by atoms with Gasteiger partial charge in [-0.15, -0.1) is 0 Å². The van der Waals surface area contributed by atoms with E-state index >= 15 is 0 Å². The summed E-state index contributed by atoms with van der Waals surface area (Å²) < 4.78 is 13.9. The van der Waals surface area contributed by atoms with Gasteiger partial charge >= 0.3 is 5.97 Å². The number of carboxylic acids is 1. The lowest BCUT2D eigenvalue weighted by molar-refractivity contribution is -0.138. The molecule has 0 bridgehead atoms. The summed E-state index contributed by atoms with van der Waals surface area (Å²) in [5, 5.41) is 8.84. The van der Waals surface area contributed by atoms with Crippen molar-refractivity contribution in [2.75, 3.05) is 13.1 Å². The van der Waals surface area contributed by atoms with Crippen LogP contribution in [0.2, 0.25) is 0 Å².